The molecular formula is C13H25N3O4S. The van der Waals surface area contributed by atoms with Gasteiger partial charge in [-0.1, -0.05) is 13.8 Å². The number of rotatable bonds is 9. The van der Waals surface area contributed by atoms with Crippen molar-refractivity contribution in [3.8, 4) is 0 Å². The molecule has 0 heterocycles. The average Bonchev–Trinajstić information content (AvgIpc) is 2.40. The SMILES string of the molecule is COC(=O)C(CC(C)C)NC(=O)C(CCSC)NC(N)=O. The van der Waals surface area contributed by atoms with Crippen molar-refractivity contribution < 1.29 is 19.1 Å². The number of methoxy groups -OCH3 is 1. The Morgan fingerprint density at radius 2 is 1.81 bits per heavy atom. The third-order valence-corrected chi connectivity index (χ3v) is 3.40. The summed E-state index contributed by atoms with van der Waals surface area (Å²) in [6.07, 6.45) is 2.80. The van der Waals surface area contributed by atoms with Gasteiger partial charge in [0.25, 0.3) is 0 Å². The number of carbonyl (C=O) groups excluding carboxylic acids is 3. The fourth-order valence-electron chi connectivity index (χ4n) is 1.78. The molecule has 0 aliphatic carbocycles. The van der Waals surface area contributed by atoms with Gasteiger partial charge >= 0.3 is 12.0 Å². The number of ether oxygens (including phenoxy) is 1. The number of hydrogen-bond donors (Lipinski definition) is 3. The predicted molar refractivity (Wildman–Crippen MR) is 82.9 cm³/mol. The molecule has 0 saturated carbocycles. The molecule has 0 aromatic heterocycles. The molecule has 2 unspecified atom stereocenters. The zero-order valence-corrected chi connectivity index (χ0v) is 13.8. The summed E-state index contributed by atoms with van der Waals surface area (Å²) in [5.41, 5.74) is 5.07. The molecule has 0 bridgehead atoms. The van der Waals surface area contributed by atoms with Crippen molar-refractivity contribution >= 4 is 29.7 Å². The Balaban J connectivity index is 4.79. The number of carbonyl (C=O) groups is 3. The Labute approximate surface area is 129 Å². The van der Waals surface area contributed by atoms with Crippen molar-refractivity contribution in [2.75, 3.05) is 19.1 Å². The van der Waals surface area contributed by atoms with Crippen LogP contribution >= 0.6 is 11.8 Å². The molecule has 2 atom stereocenters. The monoisotopic (exact) mass is 319 g/mol. The topological polar surface area (TPSA) is 111 Å². The van der Waals surface area contributed by atoms with Crippen LogP contribution in [0.15, 0.2) is 0 Å². The summed E-state index contributed by atoms with van der Waals surface area (Å²) >= 11 is 1.55. The summed E-state index contributed by atoms with van der Waals surface area (Å²) in [4.78, 5) is 34.9. The van der Waals surface area contributed by atoms with Crippen LogP contribution in [0.5, 0.6) is 0 Å². The van der Waals surface area contributed by atoms with Crippen LogP contribution in [0.25, 0.3) is 0 Å². The molecule has 3 amide bonds. The first kappa shape index (κ1) is 19.6. The summed E-state index contributed by atoms with van der Waals surface area (Å²) in [5, 5.41) is 5.01. The molecule has 0 spiro atoms. The third kappa shape index (κ3) is 8.44. The Hall–Kier alpha value is -1.44. The van der Waals surface area contributed by atoms with E-state index in [1.165, 1.54) is 7.11 Å². The van der Waals surface area contributed by atoms with Crippen molar-refractivity contribution in [1.29, 1.82) is 0 Å². The Morgan fingerprint density at radius 1 is 1.19 bits per heavy atom. The lowest BCUT2D eigenvalue weighted by molar-refractivity contribution is -0.145. The van der Waals surface area contributed by atoms with Crippen molar-refractivity contribution in [1.82, 2.24) is 10.6 Å². The van der Waals surface area contributed by atoms with Crippen molar-refractivity contribution in [3.05, 3.63) is 0 Å². The maximum Gasteiger partial charge on any atom is 0.328 e. The molecular weight excluding hydrogens is 294 g/mol. The van der Waals surface area contributed by atoms with E-state index in [1.54, 1.807) is 11.8 Å². The maximum absolute atomic E-state index is 12.2. The van der Waals surface area contributed by atoms with Crippen molar-refractivity contribution in [2.24, 2.45) is 11.7 Å². The van der Waals surface area contributed by atoms with Gasteiger partial charge < -0.3 is 21.1 Å². The first-order chi connectivity index (χ1) is 9.81. The van der Waals surface area contributed by atoms with E-state index in [0.29, 0.717) is 18.6 Å². The van der Waals surface area contributed by atoms with E-state index in [2.05, 4.69) is 15.4 Å². The highest BCUT2D eigenvalue weighted by Crippen LogP contribution is 2.08. The van der Waals surface area contributed by atoms with Crippen LogP contribution in [0.1, 0.15) is 26.7 Å². The molecule has 21 heavy (non-hydrogen) atoms. The number of urea groups is 1. The minimum Gasteiger partial charge on any atom is -0.467 e. The van der Waals surface area contributed by atoms with Gasteiger partial charge in [0, 0.05) is 0 Å². The van der Waals surface area contributed by atoms with E-state index in [1.807, 2.05) is 20.1 Å². The number of primary amides is 1. The van der Waals surface area contributed by atoms with Gasteiger partial charge in [-0.25, -0.2) is 9.59 Å². The molecule has 0 aromatic rings. The second-order valence-electron chi connectivity index (χ2n) is 5.06. The van der Waals surface area contributed by atoms with Crippen LogP contribution in [-0.2, 0) is 14.3 Å². The van der Waals surface area contributed by atoms with Gasteiger partial charge in [0.1, 0.15) is 12.1 Å². The number of amides is 3. The minimum absolute atomic E-state index is 0.211. The maximum atomic E-state index is 12.2. The van der Waals surface area contributed by atoms with Gasteiger partial charge in [-0.15, -0.1) is 0 Å². The highest BCUT2D eigenvalue weighted by molar-refractivity contribution is 7.98. The Morgan fingerprint density at radius 3 is 2.24 bits per heavy atom. The second kappa shape index (κ2) is 10.3. The quantitative estimate of drug-likeness (QED) is 0.535. The number of esters is 1. The first-order valence-corrected chi connectivity index (χ1v) is 8.14. The highest BCUT2D eigenvalue weighted by atomic mass is 32.2. The summed E-state index contributed by atoms with van der Waals surface area (Å²) in [6, 6.07) is -2.25. The van der Waals surface area contributed by atoms with Crippen LogP contribution < -0.4 is 16.4 Å². The predicted octanol–water partition coefficient (Wildman–Crippen LogP) is 0.480. The molecule has 0 aliphatic heterocycles. The Kier molecular flexibility index (Phi) is 9.60. The summed E-state index contributed by atoms with van der Waals surface area (Å²) < 4.78 is 4.69. The van der Waals surface area contributed by atoms with Gasteiger partial charge in [-0.05, 0) is 30.8 Å². The zero-order valence-electron chi connectivity index (χ0n) is 13.0. The molecule has 0 rings (SSSR count). The van der Waals surface area contributed by atoms with Gasteiger partial charge in [0.2, 0.25) is 5.91 Å². The van der Waals surface area contributed by atoms with E-state index >= 15 is 0 Å². The molecule has 0 radical (unpaired) electrons. The summed E-state index contributed by atoms with van der Waals surface area (Å²) in [5.74, 6) is -0.0346. The second-order valence-corrected chi connectivity index (χ2v) is 6.04. The molecule has 4 N–H and O–H groups in total. The molecule has 8 heteroatoms. The van der Waals surface area contributed by atoms with Gasteiger partial charge in [0.05, 0.1) is 7.11 Å². The molecule has 7 nitrogen and oxygen atoms in total. The largest absolute Gasteiger partial charge is 0.467 e. The van der Waals surface area contributed by atoms with Crippen LogP contribution in [0.3, 0.4) is 0 Å². The molecule has 0 saturated heterocycles. The molecule has 0 aliphatic rings. The van der Waals surface area contributed by atoms with E-state index in [9.17, 15) is 14.4 Å². The van der Waals surface area contributed by atoms with Gasteiger partial charge in [0.15, 0.2) is 0 Å². The molecule has 0 fully saturated rings. The van der Waals surface area contributed by atoms with Crippen molar-refractivity contribution in [3.63, 3.8) is 0 Å². The van der Waals surface area contributed by atoms with Gasteiger partial charge in [-0.3, -0.25) is 4.79 Å². The fraction of sp³-hybridized carbons (Fsp3) is 0.769. The molecule has 122 valence electrons. The number of nitrogens with one attached hydrogen (secondary N) is 2. The van der Waals surface area contributed by atoms with Crippen molar-refractivity contribution in [2.45, 2.75) is 38.8 Å². The first-order valence-electron chi connectivity index (χ1n) is 6.74. The smallest absolute Gasteiger partial charge is 0.328 e. The lowest BCUT2D eigenvalue weighted by Gasteiger charge is -2.22. The zero-order chi connectivity index (χ0) is 16.4. The highest BCUT2D eigenvalue weighted by Gasteiger charge is 2.27. The third-order valence-electron chi connectivity index (χ3n) is 2.75. The molecule has 0 aromatic carbocycles. The number of nitrogens with two attached hydrogens (primary N) is 1. The summed E-state index contributed by atoms with van der Waals surface area (Å²) in [7, 11) is 1.27. The fourth-order valence-corrected chi connectivity index (χ4v) is 2.25. The van der Waals surface area contributed by atoms with Crippen LogP contribution in [-0.4, -0.2) is 49.1 Å². The normalized spacial score (nSPS) is 13.4. The van der Waals surface area contributed by atoms with Gasteiger partial charge in [-0.2, -0.15) is 11.8 Å². The average molecular weight is 319 g/mol. The minimum atomic E-state index is -0.769. The van der Waals surface area contributed by atoms with E-state index in [0.717, 1.165) is 0 Å². The number of thioether (sulfide) groups is 1. The lowest BCUT2D eigenvalue weighted by atomic mass is 10.0. The van der Waals surface area contributed by atoms with Crippen LogP contribution in [0, 0.1) is 5.92 Å². The van der Waals surface area contributed by atoms with Crippen LogP contribution in [0.2, 0.25) is 0 Å². The van der Waals surface area contributed by atoms with E-state index < -0.39 is 30.0 Å². The Bertz CT molecular complexity index is 363. The summed E-state index contributed by atoms with van der Waals surface area (Å²) in [6.45, 7) is 3.88. The lowest BCUT2D eigenvalue weighted by Crippen LogP contribution is -2.53. The van der Waals surface area contributed by atoms with E-state index in [-0.39, 0.29) is 5.92 Å². The number of hydrogen-bond acceptors (Lipinski definition) is 5. The van der Waals surface area contributed by atoms with Crippen LogP contribution in [0.4, 0.5) is 4.79 Å². The standard InChI is InChI=1S/C13H25N3O4S/c1-8(2)7-10(12(18)20-3)15-11(17)9(5-6-21-4)16-13(14)19/h8-10H,5-7H2,1-4H3,(H,15,17)(H3,14,16,19). The van der Waals surface area contributed by atoms with E-state index in [4.69, 9.17) is 5.73 Å².